The molecule has 0 saturated heterocycles. The van der Waals surface area contributed by atoms with E-state index in [1.54, 1.807) is 0 Å². The molecule has 0 radical (unpaired) electrons. The summed E-state index contributed by atoms with van der Waals surface area (Å²) in [5.41, 5.74) is 0. The van der Waals surface area contributed by atoms with Gasteiger partial charge in [-0.25, -0.2) is 0 Å². The summed E-state index contributed by atoms with van der Waals surface area (Å²) in [5, 5.41) is 16.6. The Morgan fingerprint density at radius 2 is 2.40 bits per heavy atom. The van der Waals surface area contributed by atoms with Gasteiger partial charge in [-0.1, -0.05) is 0 Å². The molecule has 1 aromatic heterocycles. The Hall–Kier alpha value is -1.65. The van der Waals surface area contributed by atoms with E-state index < -0.39 is 4.92 Å². The van der Waals surface area contributed by atoms with Gasteiger partial charge in [0.2, 0.25) is 0 Å². The van der Waals surface area contributed by atoms with Gasteiger partial charge in [0.25, 0.3) is 0 Å². The summed E-state index contributed by atoms with van der Waals surface area (Å²) < 4.78 is 4.55. The molecule has 0 aliphatic rings. The molecule has 0 aromatic carbocycles. The summed E-state index contributed by atoms with van der Waals surface area (Å²) >= 11 is 0. The van der Waals surface area contributed by atoms with Gasteiger partial charge >= 0.3 is 5.88 Å². The molecule has 0 amide bonds. The first-order valence-electron chi connectivity index (χ1n) is 2.49. The molecular weight excluding hydrogens is 136 g/mol. The van der Waals surface area contributed by atoms with Crippen molar-refractivity contribution in [3.8, 4) is 0 Å². The van der Waals surface area contributed by atoms with Crippen molar-refractivity contribution in [1.29, 1.82) is 5.41 Å². The van der Waals surface area contributed by atoms with Crippen LogP contribution in [0.2, 0.25) is 0 Å². The largest absolute Gasteiger partial charge is 0.433 e. The first-order chi connectivity index (χ1) is 4.74. The standard InChI is InChI=1S/C5H4N2O3/c6-3-4-1-2-5(10-4)7(8)9/h1-3,6H. The molecule has 0 unspecified atom stereocenters. The minimum absolute atomic E-state index is 0.187. The summed E-state index contributed by atoms with van der Waals surface area (Å²) in [6, 6.07) is 2.57. The number of rotatable bonds is 2. The maximum absolute atomic E-state index is 9.97. The maximum Gasteiger partial charge on any atom is 0.433 e. The van der Waals surface area contributed by atoms with E-state index in [4.69, 9.17) is 5.41 Å². The number of furan rings is 1. The van der Waals surface area contributed by atoms with Crippen molar-refractivity contribution >= 4 is 12.1 Å². The van der Waals surface area contributed by atoms with Gasteiger partial charge in [0.15, 0.2) is 5.76 Å². The Morgan fingerprint density at radius 1 is 1.70 bits per heavy atom. The third-order valence-electron chi connectivity index (χ3n) is 0.935. The molecule has 0 aliphatic heterocycles. The molecule has 0 aliphatic carbocycles. The fraction of sp³-hybridized carbons (Fsp3) is 0. The fourth-order valence-electron chi connectivity index (χ4n) is 0.518. The number of nitro groups is 1. The van der Waals surface area contributed by atoms with Crippen LogP contribution < -0.4 is 0 Å². The highest BCUT2D eigenvalue weighted by atomic mass is 16.6. The summed E-state index contributed by atoms with van der Waals surface area (Å²) in [6.45, 7) is 0. The van der Waals surface area contributed by atoms with Crippen LogP contribution in [0, 0.1) is 15.5 Å². The number of hydrogen-bond donors (Lipinski definition) is 1. The first-order valence-corrected chi connectivity index (χ1v) is 2.49. The highest BCUT2D eigenvalue weighted by Gasteiger charge is 2.09. The Kier molecular flexibility index (Phi) is 1.49. The van der Waals surface area contributed by atoms with E-state index in [9.17, 15) is 10.1 Å². The zero-order valence-electron chi connectivity index (χ0n) is 4.90. The highest BCUT2D eigenvalue weighted by molar-refractivity contribution is 5.73. The average Bonchev–Trinajstić information content (AvgIpc) is 2.34. The van der Waals surface area contributed by atoms with Crippen molar-refractivity contribution in [2.24, 2.45) is 0 Å². The molecule has 0 atom stereocenters. The van der Waals surface area contributed by atoms with E-state index in [2.05, 4.69) is 4.42 Å². The van der Waals surface area contributed by atoms with Crippen molar-refractivity contribution in [2.45, 2.75) is 0 Å². The van der Waals surface area contributed by atoms with Gasteiger partial charge in [-0.2, -0.15) is 0 Å². The van der Waals surface area contributed by atoms with Crippen LogP contribution in [0.15, 0.2) is 16.5 Å². The third-order valence-corrected chi connectivity index (χ3v) is 0.935. The van der Waals surface area contributed by atoms with Crippen molar-refractivity contribution in [3.63, 3.8) is 0 Å². The molecule has 5 heteroatoms. The second-order valence-electron chi connectivity index (χ2n) is 1.58. The zero-order chi connectivity index (χ0) is 7.56. The van der Waals surface area contributed by atoms with E-state index in [1.807, 2.05) is 0 Å². The number of hydrogen-bond acceptors (Lipinski definition) is 4. The van der Waals surface area contributed by atoms with Crippen LogP contribution in [-0.2, 0) is 0 Å². The van der Waals surface area contributed by atoms with Crippen LogP contribution in [0.3, 0.4) is 0 Å². The molecule has 0 bridgehead atoms. The molecular formula is C5H4N2O3. The molecule has 0 saturated carbocycles. The van der Waals surface area contributed by atoms with Gasteiger partial charge in [-0.15, -0.1) is 0 Å². The average molecular weight is 140 g/mol. The molecule has 0 fully saturated rings. The number of nitrogens with one attached hydrogen (secondary N) is 1. The summed E-state index contributed by atoms with van der Waals surface area (Å²) in [5.74, 6) is -0.148. The normalized spacial score (nSPS) is 9.20. The summed E-state index contributed by atoms with van der Waals surface area (Å²) in [4.78, 5) is 9.32. The molecule has 52 valence electrons. The fourth-order valence-corrected chi connectivity index (χ4v) is 0.518. The van der Waals surface area contributed by atoms with Crippen LogP contribution in [0.5, 0.6) is 0 Å². The van der Waals surface area contributed by atoms with E-state index in [-0.39, 0.29) is 11.6 Å². The van der Waals surface area contributed by atoms with Crippen LogP contribution in [0.4, 0.5) is 5.88 Å². The lowest BCUT2D eigenvalue weighted by molar-refractivity contribution is -0.402. The number of nitrogens with zero attached hydrogens (tertiary/aromatic N) is 1. The maximum atomic E-state index is 9.97. The smallest absolute Gasteiger partial charge is 0.400 e. The summed E-state index contributed by atoms with van der Waals surface area (Å²) in [6.07, 6.45) is 0.910. The van der Waals surface area contributed by atoms with Crippen LogP contribution >= 0.6 is 0 Å². The predicted octanol–water partition coefficient (Wildman–Crippen LogP) is 1.19. The van der Waals surface area contributed by atoms with Gasteiger partial charge in [-0.3, -0.25) is 10.1 Å². The quantitative estimate of drug-likeness (QED) is 0.380. The van der Waals surface area contributed by atoms with Crippen molar-refractivity contribution in [3.05, 3.63) is 28.0 Å². The Labute approximate surface area is 55.9 Å². The minimum Gasteiger partial charge on any atom is -0.400 e. The second-order valence-corrected chi connectivity index (χ2v) is 1.58. The molecule has 10 heavy (non-hydrogen) atoms. The van der Waals surface area contributed by atoms with Crippen LogP contribution in [0.1, 0.15) is 5.76 Å². The van der Waals surface area contributed by atoms with Crippen molar-refractivity contribution in [2.75, 3.05) is 0 Å². The van der Waals surface area contributed by atoms with Crippen molar-refractivity contribution in [1.82, 2.24) is 0 Å². The van der Waals surface area contributed by atoms with Gasteiger partial charge in [-0.05, 0) is 6.07 Å². The van der Waals surface area contributed by atoms with E-state index in [1.165, 1.54) is 12.1 Å². The molecule has 0 spiro atoms. The third kappa shape index (κ3) is 1.02. The lowest BCUT2D eigenvalue weighted by Gasteiger charge is -1.79. The molecule has 1 aromatic rings. The monoisotopic (exact) mass is 140 g/mol. The van der Waals surface area contributed by atoms with Crippen LogP contribution in [0.25, 0.3) is 0 Å². The Morgan fingerprint density at radius 3 is 2.70 bits per heavy atom. The van der Waals surface area contributed by atoms with Crippen LogP contribution in [-0.4, -0.2) is 11.1 Å². The van der Waals surface area contributed by atoms with Crippen molar-refractivity contribution < 1.29 is 9.34 Å². The molecule has 1 heterocycles. The first kappa shape index (κ1) is 6.47. The van der Waals surface area contributed by atoms with E-state index in [0.717, 1.165) is 6.21 Å². The Bertz CT molecular complexity index is 266. The summed E-state index contributed by atoms with van der Waals surface area (Å²) in [7, 11) is 0. The second kappa shape index (κ2) is 2.30. The Balaban J connectivity index is 2.98. The topological polar surface area (TPSA) is 80.1 Å². The lowest BCUT2D eigenvalue weighted by atomic mass is 10.5. The van der Waals surface area contributed by atoms with E-state index >= 15 is 0 Å². The minimum atomic E-state index is -0.646. The molecule has 1 N–H and O–H groups in total. The highest BCUT2D eigenvalue weighted by Crippen LogP contribution is 2.13. The lowest BCUT2D eigenvalue weighted by Crippen LogP contribution is -1.82. The predicted molar refractivity (Wildman–Crippen MR) is 33.2 cm³/mol. The zero-order valence-corrected chi connectivity index (χ0v) is 4.90. The van der Waals surface area contributed by atoms with Gasteiger partial charge in [0.05, 0.1) is 12.3 Å². The molecule has 5 nitrogen and oxygen atoms in total. The van der Waals surface area contributed by atoms with Gasteiger partial charge in [0.1, 0.15) is 4.92 Å². The van der Waals surface area contributed by atoms with E-state index in [0.29, 0.717) is 0 Å². The SMILES string of the molecule is N=Cc1ccc([N+](=O)[O-])o1. The molecule has 1 rings (SSSR count). The van der Waals surface area contributed by atoms with Gasteiger partial charge in [0, 0.05) is 0 Å². The van der Waals surface area contributed by atoms with Gasteiger partial charge < -0.3 is 9.83 Å².